The summed E-state index contributed by atoms with van der Waals surface area (Å²) in [7, 11) is 0. The van der Waals surface area contributed by atoms with Gasteiger partial charge in [-0.15, -0.1) is 0 Å². The monoisotopic (exact) mass is 435 g/mol. The number of nitrogens with zero attached hydrogens (tertiary/aromatic N) is 1. The normalized spacial score (nSPS) is 21.1. The highest BCUT2D eigenvalue weighted by Crippen LogP contribution is 2.49. The molecule has 2 atom stereocenters. The number of halogens is 7. The van der Waals surface area contributed by atoms with Gasteiger partial charge in [0.1, 0.15) is 5.82 Å². The Labute approximate surface area is 169 Å². The van der Waals surface area contributed by atoms with Crippen molar-refractivity contribution in [3.05, 3.63) is 70.5 Å². The molecule has 3 rings (SSSR count). The number of piperidine rings is 1. The molecule has 2 unspecified atom stereocenters. The van der Waals surface area contributed by atoms with Crippen LogP contribution >= 0.6 is 0 Å². The lowest BCUT2D eigenvalue weighted by atomic mass is 9.79. The predicted octanol–water partition coefficient (Wildman–Crippen LogP) is 6.74. The smallest absolute Gasteiger partial charge is 0.299 e. The molecule has 0 N–H and O–H groups in total. The Bertz CT molecular complexity index is 859. The second-order valence-corrected chi connectivity index (χ2v) is 7.07. The Morgan fingerprint density at radius 2 is 1.63 bits per heavy atom. The number of hydrogen-bond acceptors (Lipinski definition) is 2. The van der Waals surface area contributed by atoms with Gasteiger partial charge in [-0.1, -0.05) is 24.3 Å². The van der Waals surface area contributed by atoms with E-state index in [9.17, 15) is 30.7 Å². The van der Waals surface area contributed by atoms with Gasteiger partial charge in [0.2, 0.25) is 0 Å². The van der Waals surface area contributed by atoms with Crippen LogP contribution < -0.4 is 0 Å². The van der Waals surface area contributed by atoms with Gasteiger partial charge in [-0.3, -0.25) is 4.84 Å². The average molecular weight is 435 g/mol. The summed E-state index contributed by atoms with van der Waals surface area (Å²) in [6, 6.07) is 6.64. The highest BCUT2D eigenvalue weighted by Gasteiger charge is 2.48. The molecular formula is C21H20F7NO. The van der Waals surface area contributed by atoms with Crippen molar-refractivity contribution in [1.29, 1.82) is 0 Å². The molecule has 0 radical (unpaired) electrons. The zero-order chi connectivity index (χ0) is 22.1. The van der Waals surface area contributed by atoms with Crippen LogP contribution in [0.15, 0.2) is 42.5 Å². The minimum absolute atomic E-state index is 0.146. The minimum atomic E-state index is -5.22. The maximum Gasteiger partial charge on any atom is 0.417 e. The zero-order valence-corrected chi connectivity index (χ0v) is 16.0. The Balaban J connectivity index is 2.22. The van der Waals surface area contributed by atoms with Crippen molar-refractivity contribution in [2.75, 3.05) is 13.2 Å². The van der Waals surface area contributed by atoms with Gasteiger partial charge in [0.25, 0.3) is 0 Å². The van der Waals surface area contributed by atoms with Crippen LogP contribution in [-0.2, 0) is 17.2 Å². The SMILES string of the molecule is CCON1CCCC(c2ccc(F)cc2)C1c1cccc(C(F)(F)F)c1C(F)(F)F. The fourth-order valence-corrected chi connectivity index (χ4v) is 4.08. The average Bonchev–Trinajstić information content (AvgIpc) is 2.67. The summed E-state index contributed by atoms with van der Waals surface area (Å²) in [5.74, 6) is -1.11. The molecule has 164 valence electrons. The van der Waals surface area contributed by atoms with Gasteiger partial charge in [-0.25, -0.2) is 4.39 Å². The van der Waals surface area contributed by atoms with E-state index in [2.05, 4.69) is 0 Å². The van der Waals surface area contributed by atoms with Crippen LogP contribution in [0.25, 0.3) is 0 Å². The highest BCUT2D eigenvalue weighted by molar-refractivity contribution is 5.43. The molecule has 0 bridgehead atoms. The van der Waals surface area contributed by atoms with E-state index in [1.165, 1.54) is 29.3 Å². The van der Waals surface area contributed by atoms with E-state index >= 15 is 0 Å². The van der Waals surface area contributed by atoms with Crippen molar-refractivity contribution in [2.45, 2.75) is 44.1 Å². The van der Waals surface area contributed by atoms with Crippen molar-refractivity contribution in [1.82, 2.24) is 5.06 Å². The predicted molar refractivity (Wildman–Crippen MR) is 95.9 cm³/mol. The van der Waals surface area contributed by atoms with Gasteiger partial charge in [0.05, 0.1) is 23.8 Å². The van der Waals surface area contributed by atoms with Gasteiger partial charge >= 0.3 is 12.4 Å². The summed E-state index contributed by atoms with van der Waals surface area (Å²) in [4.78, 5) is 5.53. The molecule has 1 aliphatic heterocycles. The molecule has 1 aliphatic rings. The third-order valence-electron chi connectivity index (χ3n) is 5.18. The molecule has 9 heteroatoms. The molecule has 2 aromatic carbocycles. The second kappa shape index (κ2) is 8.55. The third kappa shape index (κ3) is 4.62. The van der Waals surface area contributed by atoms with Gasteiger partial charge < -0.3 is 0 Å². The van der Waals surface area contributed by atoms with Gasteiger partial charge in [0, 0.05) is 12.5 Å². The third-order valence-corrected chi connectivity index (χ3v) is 5.18. The van der Waals surface area contributed by atoms with Gasteiger partial charge in [-0.05, 0) is 49.1 Å². The van der Waals surface area contributed by atoms with Crippen molar-refractivity contribution in [3.8, 4) is 0 Å². The Kier molecular flexibility index (Phi) is 6.43. The van der Waals surface area contributed by atoms with Gasteiger partial charge in [-0.2, -0.15) is 31.4 Å². The first-order valence-corrected chi connectivity index (χ1v) is 9.46. The summed E-state index contributed by atoms with van der Waals surface area (Å²) in [6.07, 6.45) is -9.40. The number of hydrogen-bond donors (Lipinski definition) is 0. The lowest BCUT2D eigenvalue weighted by molar-refractivity contribution is -0.204. The quantitative estimate of drug-likeness (QED) is 0.494. The van der Waals surface area contributed by atoms with Crippen LogP contribution in [0.4, 0.5) is 30.7 Å². The number of rotatable bonds is 4. The van der Waals surface area contributed by atoms with Crippen molar-refractivity contribution < 1.29 is 35.6 Å². The van der Waals surface area contributed by atoms with Crippen LogP contribution in [-0.4, -0.2) is 18.2 Å². The first-order chi connectivity index (χ1) is 14.0. The van der Waals surface area contributed by atoms with Crippen molar-refractivity contribution in [3.63, 3.8) is 0 Å². The number of hydroxylamine groups is 2. The molecule has 1 heterocycles. The topological polar surface area (TPSA) is 12.5 Å². The standard InChI is InChI=1S/C21H20F7NO/c1-2-30-29-12-4-6-15(13-8-10-14(22)11-9-13)19(29)16-5-3-7-17(20(23,24)25)18(16)21(26,27)28/h3,5,7-11,15,19H,2,4,6,12H2,1H3. The highest BCUT2D eigenvalue weighted by atomic mass is 19.4. The molecule has 0 saturated carbocycles. The molecule has 0 spiro atoms. The molecular weight excluding hydrogens is 415 g/mol. The zero-order valence-electron chi connectivity index (χ0n) is 16.0. The molecule has 0 aliphatic carbocycles. The van der Waals surface area contributed by atoms with Gasteiger partial charge in [0.15, 0.2) is 0 Å². The fourth-order valence-electron chi connectivity index (χ4n) is 4.08. The molecule has 1 fully saturated rings. The summed E-state index contributed by atoms with van der Waals surface area (Å²) in [6.45, 7) is 2.06. The molecule has 0 amide bonds. The second-order valence-electron chi connectivity index (χ2n) is 7.07. The largest absolute Gasteiger partial charge is 0.417 e. The van der Waals surface area contributed by atoms with E-state index < -0.39 is 46.8 Å². The molecule has 2 nitrogen and oxygen atoms in total. The van der Waals surface area contributed by atoms with Crippen LogP contribution in [0.1, 0.15) is 54.0 Å². The number of alkyl halides is 6. The van der Waals surface area contributed by atoms with Crippen LogP contribution in [0, 0.1) is 5.82 Å². The Morgan fingerprint density at radius 3 is 2.20 bits per heavy atom. The lowest BCUT2D eigenvalue weighted by Crippen LogP contribution is -2.39. The summed E-state index contributed by atoms with van der Waals surface area (Å²) < 4.78 is 95.4. The van der Waals surface area contributed by atoms with Crippen LogP contribution in [0.5, 0.6) is 0 Å². The van der Waals surface area contributed by atoms with Crippen LogP contribution in [0.3, 0.4) is 0 Å². The molecule has 0 aromatic heterocycles. The van der Waals surface area contributed by atoms with E-state index in [-0.39, 0.29) is 13.2 Å². The fraction of sp³-hybridized carbons (Fsp3) is 0.429. The molecule has 30 heavy (non-hydrogen) atoms. The molecule has 2 aromatic rings. The summed E-state index contributed by atoms with van der Waals surface area (Å²) in [5.41, 5.74) is -3.40. The van der Waals surface area contributed by atoms with E-state index in [0.717, 1.165) is 12.1 Å². The lowest BCUT2D eigenvalue weighted by Gasteiger charge is -2.42. The maximum atomic E-state index is 13.9. The Morgan fingerprint density at radius 1 is 0.967 bits per heavy atom. The van der Waals surface area contributed by atoms with E-state index in [0.29, 0.717) is 24.5 Å². The maximum absolute atomic E-state index is 13.9. The van der Waals surface area contributed by atoms with E-state index in [1.807, 2.05) is 0 Å². The van der Waals surface area contributed by atoms with Crippen LogP contribution in [0.2, 0.25) is 0 Å². The first kappa shape index (κ1) is 22.6. The van der Waals surface area contributed by atoms with E-state index in [1.54, 1.807) is 6.92 Å². The number of benzene rings is 2. The Hall–Kier alpha value is -2.13. The summed E-state index contributed by atoms with van der Waals surface area (Å²) >= 11 is 0. The van der Waals surface area contributed by atoms with Crippen molar-refractivity contribution >= 4 is 0 Å². The minimum Gasteiger partial charge on any atom is -0.299 e. The first-order valence-electron chi connectivity index (χ1n) is 9.46. The van der Waals surface area contributed by atoms with E-state index in [4.69, 9.17) is 4.84 Å². The summed E-state index contributed by atoms with van der Waals surface area (Å²) in [5, 5.41) is 1.32. The van der Waals surface area contributed by atoms with Crippen molar-refractivity contribution in [2.24, 2.45) is 0 Å². The molecule has 1 saturated heterocycles.